The van der Waals surface area contributed by atoms with Crippen LogP contribution in [0.15, 0.2) is 0 Å². The maximum absolute atomic E-state index is 12.0. The van der Waals surface area contributed by atoms with E-state index in [1.807, 2.05) is 0 Å². The Morgan fingerprint density at radius 3 is 2.10 bits per heavy atom. The molecule has 0 rings (SSSR count). The van der Waals surface area contributed by atoms with Gasteiger partial charge in [0.15, 0.2) is 6.10 Å². The number of carbonyl (C=O) groups excluding carboxylic acids is 3. The maximum atomic E-state index is 12.0. The van der Waals surface area contributed by atoms with Gasteiger partial charge in [0.05, 0.1) is 17.8 Å². The molecule has 170 valence electrons. The summed E-state index contributed by atoms with van der Waals surface area (Å²) in [6.07, 6.45) is -1.48. The van der Waals surface area contributed by atoms with E-state index in [0.717, 1.165) is 0 Å². The van der Waals surface area contributed by atoms with Crippen LogP contribution in [0.3, 0.4) is 0 Å². The number of esters is 2. The zero-order valence-electron chi connectivity index (χ0n) is 17.9. The van der Waals surface area contributed by atoms with Gasteiger partial charge < -0.3 is 19.9 Å². The molecule has 0 bridgehead atoms. The van der Waals surface area contributed by atoms with E-state index >= 15 is 0 Å². The molecule has 0 aromatic heterocycles. The largest absolute Gasteiger partial charge is 0.462 e. The second-order valence-electron chi connectivity index (χ2n) is 8.31. The first kappa shape index (κ1) is 27.3. The van der Waals surface area contributed by atoms with Crippen LogP contribution in [-0.4, -0.2) is 69.6 Å². The number of amides is 1. The lowest BCUT2D eigenvalue weighted by atomic mass is 9.88. The minimum absolute atomic E-state index is 0.159. The van der Waals surface area contributed by atoms with Crippen molar-refractivity contribution in [3.05, 3.63) is 0 Å². The van der Waals surface area contributed by atoms with Crippen molar-refractivity contribution in [2.24, 2.45) is 10.8 Å². The summed E-state index contributed by atoms with van der Waals surface area (Å²) >= 11 is 0. The Balaban J connectivity index is 4.41. The van der Waals surface area contributed by atoms with Gasteiger partial charge in [-0.15, -0.1) is 0 Å². The van der Waals surface area contributed by atoms with Crippen LogP contribution in [0.5, 0.6) is 0 Å². The Morgan fingerprint density at radius 1 is 1.03 bits per heavy atom. The molecule has 0 fully saturated rings. The molecule has 0 saturated heterocycles. The molecule has 0 radical (unpaired) electrons. The van der Waals surface area contributed by atoms with E-state index in [-0.39, 0.29) is 37.8 Å². The molecule has 10 nitrogen and oxygen atoms in total. The number of ether oxygens (including phenoxy) is 2. The van der Waals surface area contributed by atoms with Gasteiger partial charge >= 0.3 is 11.9 Å². The van der Waals surface area contributed by atoms with Crippen LogP contribution in [0.2, 0.25) is 0 Å². The van der Waals surface area contributed by atoms with Crippen LogP contribution in [-0.2, 0) is 38.2 Å². The molecule has 0 spiro atoms. The highest BCUT2D eigenvalue weighted by Crippen LogP contribution is 2.23. The van der Waals surface area contributed by atoms with Crippen molar-refractivity contribution in [1.29, 1.82) is 0 Å². The fourth-order valence-corrected chi connectivity index (χ4v) is 2.88. The first-order valence-electron chi connectivity index (χ1n) is 9.22. The first-order chi connectivity index (χ1) is 13.1. The second kappa shape index (κ2) is 11.5. The zero-order chi connectivity index (χ0) is 22.9. The lowest BCUT2D eigenvalue weighted by Crippen LogP contribution is -2.42. The average Bonchev–Trinajstić information content (AvgIpc) is 2.59. The molecule has 0 heterocycles. The van der Waals surface area contributed by atoms with Crippen molar-refractivity contribution in [3.8, 4) is 0 Å². The van der Waals surface area contributed by atoms with Crippen LogP contribution in [0.25, 0.3) is 0 Å². The summed E-state index contributed by atoms with van der Waals surface area (Å²) in [5.74, 6) is -2.01. The Bertz CT molecular complexity index is 665. The smallest absolute Gasteiger partial charge is 0.335 e. The molecule has 0 aliphatic carbocycles. The van der Waals surface area contributed by atoms with Gasteiger partial charge in [-0.05, 0) is 27.2 Å². The fraction of sp³-hybridized carbons (Fsp3) is 0.833. The molecule has 29 heavy (non-hydrogen) atoms. The van der Waals surface area contributed by atoms with E-state index in [9.17, 15) is 27.9 Å². The molecule has 2 N–H and O–H groups in total. The minimum atomic E-state index is -3.89. The van der Waals surface area contributed by atoms with Gasteiger partial charge in [0.1, 0.15) is 13.2 Å². The van der Waals surface area contributed by atoms with Crippen molar-refractivity contribution in [3.63, 3.8) is 0 Å². The molecular formula is C18H33NO9S. The summed E-state index contributed by atoms with van der Waals surface area (Å²) in [5, 5.41) is 12.6. The zero-order valence-corrected chi connectivity index (χ0v) is 18.8. The number of aliphatic hydroxyl groups excluding tert-OH is 1. The molecule has 0 aliphatic heterocycles. The number of rotatable bonds is 12. The first-order valence-corrected chi connectivity index (χ1v) is 10.8. The number of hydrogen-bond donors (Lipinski definition) is 2. The lowest BCUT2D eigenvalue weighted by Gasteiger charge is -2.28. The molecule has 0 aliphatic rings. The average molecular weight is 440 g/mol. The van der Waals surface area contributed by atoms with Crippen LogP contribution in [0.4, 0.5) is 0 Å². The number of aliphatic hydroxyl groups is 1. The van der Waals surface area contributed by atoms with E-state index in [1.165, 1.54) is 20.8 Å². The third-order valence-electron chi connectivity index (χ3n) is 3.69. The Hall–Kier alpha value is -1.72. The Labute approximate surface area is 172 Å². The van der Waals surface area contributed by atoms with Crippen LogP contribution >= 0.6 is 0 Å². The van der Waals surface area contributed by atoms with Gasteiger partial charge in [0.25, 0.3) is 10.1 Å². The summed E-state index contributed by atoms with van der Waals surface area (Å²) in [7, 11) is -3.89. The number of nitrogens with one attached hydrogen (secondary N) is 1. The topological polar surface area (TPSA) is 145 Å². The van der Waals surface area contributed by atoms with Gasteiger partial charge in [0.2, 0.25) is 5.91 Å². The van der Waals surface area contributed by atoms with Crippen LogP contribution < -0.4 is 5.32 Å². The van der Waals surface area contributed by atoms with Gasteiger partial charge in [-0.3, -0.25) is 13.8 Å². The molecule has 1 amide bonds. The number of hydrogen-bond acceptors (Lipinski definition) is 9. The van der Waals surface area contributed by atoms with E-state index in [0.29, 0.717) is 0 Å². The number of carbonyl (C=O) groups is 3. The molecule has 0 aromatic rings. The van der Waals surface area contributed by atoms with E-state index in [4.69, 9.17) is 13.7 Å². The van der Waals surface area contributed by atoms with E-state index < -0.39 is 45.6 Å². The van der Waals surface area contributed by atoms with Crippen molar-refractivity contribution >= 4 is 28.0 Å². The molecule has 0 saturated carbocycles. The van der Waals surface area contributed by atoms with Crippen molar-refractivity contribution in [1.82, 2.24) is 5.32 Å². The van der Waals surface area contributed by atoms with Crippen molar-refractivity contribution in [2.45, 2.75) is 54.1 Å². The van der Waals surface area contributed by atoms with Gasteiger partial charge in [-0.2, -0.15) is 8.42 Å². The maximum Gasteiger partial charge on any atom is 0.335 e. The van der Waals surface area contributed by atoms with Crippen LogP contribution in [0.1, 0.15) is 48.0 Å². The summed E-state index contributed by atoms with van der Waals surface area (Å²) in [6.45, 7) is 8.62. The van der Waals surface area contributed by atoms with E-state index in [2.05, 4.69) is 5.32 Å². The predicted octanol–water partition coefficient (Wildman–Crippen LogP) is 0.379. The Kier molecular flexibility index (Phi) is 10.8. The summed E-state index contributed by atoms with van der Waals surface area (Å²) in [6, 6.07) is 0. The molecule has 1 atom stereocenters. The highest BCUT2D eigenvalue weighted by atomic mass is 32.2. The van der Waals surface area contributed by atoms with Gasteiger partial charge in [0, 0.05) is 18.9 Å². The van der Waals surface area contributed by atoms with Gasteiger partial charge in [-0.25, -0.2) is 4.79 Å². The quantitative estimate of drug-likeness (QED) is 0.250. The standard InChI is InChI=1S/C18H33NO9S/c1-13(20)19-8-7-11-29(24,25)28-12-18(5,6)14(21)15(22)26-9-10-27-16(23)17(2,3)4/h14,21H,7-12H2,1-6H3,(H,19,20)/t14-/m0/s1. The molecule has 11 heteroatoms. The monoisotopic (exact) mass is 439 g/mol. The SMILES string of the molecule is CC(=O)NCCCS(=O)(=O)OCC(C)(C)[C@@H](O)C(=O)OCCOC(=O)C(C)(C)C. The molecule has 0 unspecified atom stereocenters. The van der Waals surface area contributed by atoms with Crippen molar-refractivity contribution in [2.75, 3.05) is 32.1 Å². The van der Waals surface area contributed by atoms with Crippen molar-refractivity contribution < 1.29 is 41.6 Å². The Morgan fingerprint density at radius 2 is 1.59 bits per heavy atom. The molecule has 0 aromatic carbocycles. The highest BCUT2D eigenvalue weighted by Gasteiger charge is 2.36. The summed E-state index contributed by atoms with van der Waals surface area (Å²) in [4.78, 5) is 34.3. The predicted molar refractivity (Wildman–Crippen MR) is 104 cm³/mol. The van der Waals surface area contributed by atoms with Crippen LogP contribution in [0, 0.1) is 10.8 Å². The van der Waals surface area contributed by atoms with E-state index in [1.54, 1.807) is 20.8 Å². The summed E-state index contributed by atoms with van der Waals surface area (Å²) in [5.41, 5.74) is -1.93. The minimum Gasteiger partial charge on any atom is -0.462 e. The third kappa shape index (κ3) is 11.8. The summed E-state index contributed by atoms with van der Waals surface area (Å²) < 4.78 is 38.5. The second-order valence-corrected chi connectivity index (χ2v) is 10.1. The van der Waals surface area contributed by atoms with Gasteiger partial charge in [-0.1, -0.05) is 13.8 Å². The molecular weight excluding hydrogens is 406 g/mol. The lowest BCUT2D eigenvalue weighted by molar-refractivity contribution is -0.167. The fourth-order valence-electron chi connectivity index (χ4n) is 1.78. The third-order valence-corrected chi connectivity index (χ3v) is 4.96. The highest BCUT2D eigenvalue weighted by molar-refractivity contribution is 7.86. The normalized spacial score (nSPS) is 13.5.